The van der Waals surface area contributed by atoms with Gasteiger partial charge in [-0.3, -0.25) is 5.10 Å². The van der Waals surface area contributed by atoms with E-state index in [1.54, 1.807) is 0 Å². The maximum atomic E-state index is 6.01. The van der Waals surface area contributed by atoms with Crippen LogP contribution in [0.1, 0.15) is 62.5 Å². The highest BCUT2D eigenvalue weighted by molar-refractivity contribution is 5.12. The Kier molecular flexibility index (Phi) is 3.84. The van der Waals surface area contributed by atoms with Crippen molar-refractivity contribution in [1.82, 2.24) is 15.2 Å². The zero-order valence-corrected chi connectivity index (χ0v) is 11.5. The van der Waals surface area contributed by atoms with Gasteiger partial charge in [0.1, 0.15) is 5.82 Å². The number of nitrogens with two attached hydrogens (primary N) is 1. The molecule has 3 rings (SSSR count). The molecule has 0 bridgehead atoms. The van der Waals surface area contributed by atoms with Crippen molar-refractivity contribution in [3.05, 3.63) is 11.6 Å². The lowest BCUT2D eigenvalue weighted by Gasteiger charge is -2.33. The first kappa shape index (κ1) is 13.1. The van der Waals surface area contributed by atoms with Crippen LogP contribution in [0.4, 0.5) is 0 Å². The van der Waals surface area contributed by atoms with Crippen molar-refractivity contribution >= 4 is 0 Å². The molecule has 1 saturated carbocycles. The SMILES string of the molecule is NCC1(c2n[nH]c(C3CCCCC3)n2)CCOCC1. The molecule has 3 N–H and O–H groups in total. The fraction of sp³-hybridized carbons (Fsp3) is 0.857. The second kappa shape index (κ2) is 5.59. The van der Waals surface area contributed by atoms with Gasteiger partial charge in [0, 0.05) is 31.1 Å². The first-order valence-electron chi connectivity index (χ1n) is 7.55. The van der Waals surface area contributed by atoms with Crippen molar-refractivity contribution in [3.8, 4) is 0 Å². The monoisotopic (exact) mass is 264 g/mol. The minimum absolute atomic E-state index is 0.0678. The Hall–Kier alpha value is -0.940. The number of rotatable bonds is 3. The predicted octanol–water partition coefficient (Wildman–Crippen LogP) is 1.86. The van der Waals surface area contributed by atoms with Crippen molar-refractivity contribution in [2.45, 2.75) is 56.3 Å². The van der Waals surface area contributed by atoms with Crippen molar-refractivity contribution in [2.24, 2.45) is 5.73 Å². The summed E-state index contributed by atoms with van der Waals surface area (Å²) in [6.45, 7) is 2.15. The van der Waals surface area contributed by atoms with E-state index in [-0.39, 0.29) is 5.41 Å². The van der Waals surface area contributed by atoms with Crippen LogP contribution in [0.25, 0.3) is 0 Å². The summed E-state index contributed by atoms with van der Waals surface area (Å²) in [5, 5.41) is 7.66. The van der Waals surface area contributed by atoms with Gasteiger partial charge in [0.05, 0.1) is 0 Å². The summed E-state index contributed by atoms with van der Waals surface area (Å²) in [5.41, 5.74) is 5.94. The van der Waals surface area contributed by atoms with Crippen LogP contribution in [0.15, 0.2) is 0 Å². The molecular formula is C14H24N4O. The Morgan fingerprint density at radius 2 is 1.95 bits per heavy atom. The van der Waals surface area contributed by atoms with Crippen molar-refractivity contribution < 1.29 is 4.74 Å². The van der Waals surface area contributed by atoms with Gasteiger partial charge >= 0.3 is 0 Å². The molecule has 19 heavy (non-hydrogen) atoms. The van der Waals surface area contributed by atoms with Crippen molar-refractivity contribution in [3.63, 3.8) is 0 Å². The second-order valence-electron chi connectivity index (χ2n) is 5.98. The molecule has 0 radical (unpaired) electrons. The Morgan fingerprint density at radius 1 is 1.21 bits per heavy atom. The van der Waals surface area contributed by atoms with Gasteiger partial charge in [0.25, 0.3) is 0 Å². The van der Waals surface area contributed by atoms with E-state index in [1.807, 2.05) is 0 Å². The van der Waals surface area contributed by atoms with E-state index in [0.29, 0.717) is 12.5 Å². The van der Waals surface area contributed by atoms with E-state index in [0.717, 1.165) is 37.7 Å². The molecule has 1 aromatic heterocycles. The number of hydrogen-bond acceptors (Lipinski definition) is 4. The average Bonchev–Trinajstić information content (AvgIpc) is 2.99. The highest BCUT2D eigenvalue weighted by Crippen LogP contribution is 2.34. The summed E-state index contributed by atoms with van der Waals surface area (Å²) >= 11 is 0. The largest absolute Gasteiger partial charge is 0.381 e. The Bertz CT molecular complexity index is 405. The first-order chi connectivity index (χ1) is 9.34. The molecule has 0 aromatic carbocycles. The minimum atomic E-state index is -0.0678. The van der Waals surface area contributed by atoms with E-state index in [4.69, 9.17) is 15.5 Å². The summed E-state index contributed by atoms with van der Waals surface area (Å²) in [5.74, 6) is 2.57. The van der Waals surface area contributed by atoms with Crippen LogP contribution in [-0.4, -0.2) is 34.9 Å². The van der Waals surface area contributed by atoms with Crippen LogP contribution in [-0.2, 0) is 10.2 Å². The second-order valence-corrected chi connectivity index (χ2v) is 5.98. The third-order valence-corrected chi connectivity index (χ3v) is 4.81. The van der Waals surface area contributed by atoms with Crippen molar-refractivity contribution in [2.75, 3.05) is 19.8 Å². The summed E-state index contributed by atoms with van der Waals surface area (Å²) in [6.07, 6.45) is 8.35. The molecule has 1 aromatic rings. The zero-order valence-electron chi connectivity index (χ0n) is 11.5. The van der Waals surface area contributed by atoms with Gasteiger partial charge < -0.3 is 10.5 Å². The lowest BCUT2D eigenvalue weighted by Crippen LogP contribution is -2.41. The van der Waals surface area contributed by atoms with Gasteiger partial charge in [-0.15, -0.1) is 0 Å². The maximum Gasteiger partial charge on any atom is 0.158 e. The van der Waals surface area contributed by atoms with Crippen molar-refractivity contribution in [1.29, 1.82) is 0 Å². The number of nitrogens with one attached hydrogen (secondary N) is 1. The Labute approximate surface area is 114 Å². The molecule has 0 amide bonds. The van der Waals surface area contributed by atoms with E-state index in [9.17, 15) is 0 Å². The van der Waals surface area contributed by atoms with Gasteiger partial charge in [-0.1, -0.05) is 19.3 Å². The first-order valence-corrected chi connectivity index (χ1v) is 7.55. The quantitative estimate of drug-likeness (QED) is 0.873. The normalized spacial score (nSPS) is 24.5. The Morgan fingerprint density at radius 3 is 2.63 bits per heavy atom. The van der Waals surface area contributed by atoms with E-state index >= 15 is 0 Å². The fourth-order valence-corrected chi connectivity index (χ4v) is 3.35. The van der Waals surface area contributed by atoms with Crippen LogP contribution in [0, 0.1) is 0 Å². The summed E-state index contributed by atoms with van der Waals surface area (Å²) in [4.78, 5) is 4.80. The predicted molar refractivity (Wildman–Crippen MR) is 73.0 cm³/mol. The highest BCUT2D eigenvalue weighted by Gasteiger charge is 2.37. The molecule has 0 atom stereocenters. The maximum absolute atomic E-state index is 6.01. The summed E-state index contributed by atoms with van der Waals surface area (Å²) in [7, 11) is 0. The fourth-order valence-electron chi connectivity index (χ4n) is 3.35. The van der Waals surface area contributed by atoms with E-state index in [1.165, 1.54) is 32.1 Å². The Balaban J connectivity index is 1.79. The number of aromatic amines is 1. The molecule has 5 nitrogen and oxygen atoms in total. The van der Waals surface area contributed by atoms with Gasteiger partial charge in [-0.2, -0.15) is 5.10 Å². The lowest BCUT2D eigenvalue weighted by molar-refractivity contribution is 0.0500. The average molecular weight is 264 g/mol. The van der Waals surface area contributed by atoms with Crippen LogP contribution in [0.5, 0.6) is 0 Å². The molecule has 5 heteroatoms. The highest BCUT2D eigenvalue weighted by atomic mass is 16.5. The van der Waals surface area contributed by atoms with Gasteiger partial charge in [0.15, 0.2) is 5.82 Å². The van der Waals surface area contributed by atoms with Crippen LogP contribution < -0.4 is 5.73 Å². The lowest BCUT2D eigenvalue weighted by atomic mass is 9.79. The third kappa shape index (κ3) is 2.54. The standard InChI is InChI=1S/C14H24N4O/c15-10-14(6-8-19-9-7-14)13-16-12(17-18-13)11-4-2-1-3-5-11/h11H,1-10,15H2,(H,16,17,18). The van der Waals surface area contributed by atoms with Crippen LogP contribution in [0.2, 0.25) is 0 Å². The van der Waals surface area contributed by atoms with Gasteiger partial charge in [-0.25, -0.2) is 4.98 Å². The van der Waals surface area contributed by atoms with Crippen LogP contribution in [0.3, 0.4) is 0 Å². The van der Waals surface area contributed by atoms with Gasteiger partial charge in [0.2, 0.25) is 0 Å². The third-order valence-electron chi connectivity index (χ3n) is 4.81. The molecule has 106 valence electrons. The van der Waals surface area contributed by atoms with E-state index in [2.05, 4.69) is 10.2 Å². The van der Waals surface area contributed by atoms with Crippen LogP contribution >= 0.6 is 0 Å². The molecular weight excluding hydrogens is 240 g/mol. The molecule has 1 aliphatic heterocycles. The summed E-state index contributed by atoms with van der Waals surface area (Å²) < 4.78 is 5.45. The number of ether oxygens (including phenoxy) is 1. The molecule has 2 aliphatic rings. The smallest absolute Gasteiger partial charge is 0.158 e. The molecule has 0 spiro atoms. The molecule has 1 saturated heterocycles. The molecule has 2 heterocycles. The number of nitrogens with zero attached hydrogens (tertiary/aromatic N) is 2. The number of hydrogen-bond donors (Lipinski definition) is 2. The van der Waals surface area contributed by atoms with E-state index < -0.39 is 0 Å². The molecule has 0 unspecified atom stereocenters. The molecule has 2 fully saturated rings. The minimum Gasteiger partial charge on any atom is -0.381 e. The number of H-pyrrole nitrogens is 1. The topological polar surface area (TPSA) is 76.8 Å². The number of aromatic nitrogens is 3. The zero-order chi connectivity index (χ0) is 13.1. The van der Waals surface area contributed by atoms with Gasteiger partial charge in [-0.05, 0) is 25.7 Å². The summed E-state index contributed by atoms with van der Waals surface area (Å²) in [6, 6.07) is 0. The molecule has 1 aliphatic carbocycles.